The van der Waals surface area contributed by atoms with Gasteiger partial charge in [0.2, 0.25) is 10.0 Å². The van der Waals surface area contributed by atoms with Gasteiger partial charge in [0.15, 0.2) is 0 Å². The Kier molecular flexibility index (Phi) is 3.88. The van der Waals surface area contributed by atoms with Gasteiger partial charge in [-0.1, -0.05) is 13.3 Å². The molecule has 0 aliphatic carbocycles. The summed E-state index contributed by atoms with van der Waals surface area (Å²) in [5.74, 6) is -0.319. The standard InChI is InChI=1S/C13H15FN2O2S/c1-2-10-5-6-16(9-10)19(17,18)12-3-4-13(14)11(7-12)8-15/h3-4,7,10H,2,5-6,9H2,1H3. The minimum absolute atomic E-state index is 0.0118. The smallest absolute Gasteiger partial charge is 0.207 e. The van der Waals surface area contributed by atoms with Crippen molar-refractivity contribution in [2.24, 2.45) is 5.92 Å². The maximum Gasteiger partial charge on any atom is 0.243 e. The van der Waals surface area contributed by atoms with Crippen LogP contribution >= 0.6 is 0 Å². The molecule has 1 fully saturated rings. The molecule has 0 N–H and O–H groups in total. The van der Waals surface area contributed by atoms with Crippen LogP contribution < -0.4 is 0 Å². The summed E-state index contributed by atoms with van der Waals surface area (Å²) >= 11 is 0. The zero-order valence-electron chi connectivity index (χ0n) is 10.6. The molecular formula is C13H15FN2O2S. The first-order valence-electron chi connectivity index (χ1n) is 6.18. The topological polar surface area (TPSA) is 61.2 Å². The summed E-state index contributed by atoms with van der Waals surface area (Å²) in [5, 5.41) is 8.76. The second kappa shape index (κ2) is 5.27. The molecule has 1 aromatic rings. The second-order valence-electron chi connectivity index (χ2n) is 4.68. The molecule has 19 heavy (non-hydrogen) atoms. The lowest BCUT2D eigenvalue weighted by Gasteiger charge is -2.16. The van der Waals surface area contributed by atoms with E-state index in [2.05, 4.69) is 0 Å². The molecule has 1 unspecified atom stereocenters. The summed E-state index contributed by atoms with van der Waals surface area (Å²) < 4.78 is 39.4. The minimum Gasteiger partial charge on any atom is -0.207 e. The van der Waals surface area contributed by atoms with Crippen molar-refractivity contribution in [2.75, 3.05) is 13.1 Å². The Morgan fingerprint density at radius 3 is 2.84 bits per heavy atom. The van der Waals surface area contributed by atoms with E-state index in [1.54, 1.807) is 6.07 Å². The van der Waals surface area contributed by atoms with Gasteiger partial charge in [0.05, 0.1) is 10.5 Å². The van der Waals surface area contributed by atoms with E-state index >= 15 is 0 Å². The van der Waals surface area contributed by atoms with Crippen LogP contribution in [0.3, 0.4) is 0 Å². The monoisotopic (exact) mass is 282 g/mol. The van der Waals surface area contributed by atoms with Crippen LogP contribution in [0.4, 0.5) is 4.39 Å². The number of nitriles is 1. The van der Waals surface area contributed by atoms with Gasteiger partial charge in [-0.2, -0.15) is 9.57 Å². The second-order valence-corrected chi connectivity index (χ2v) is 6.62. The fourth-order valence-electron chi connectivity index (χ4n) is 2.25. The first kappa shape index (κ1) is 14.0. The number of nitrogens with zero attached hydrogens (tertiary/aromatic N) is 2. The third kappa shape index (κ3) is 2.62. The van der Waals surface area contributed by atoms with E-state index in [-0.39, 0.29) is 10.5 Å². The van der Waals surface area contributed by atoms with Gasteiger partial charge in [-0.25, -0.2) is 12.8 Å². The highest BCUT2D eigenvalue weighted by atomic mass is 32.2. The van der Waals surface area contributed by atoms with Crippen LogP contribution in [0.25, 0.3) is 0 Å². The van der Waals surface area contributed by atoms with Crippen molar-refractivity contribution in [1.29, 1.82) is 5.26 Å². The fourth-order valence-corrected chi connectivity index (χ4v) is 3.81. The van der Waals surface area contributed by atoms with E-state index < -0.39 is 15.8 Å². The normalized spacial score (nSPS) is 20.4. The summed E-state index contributed by atoms with van der Waals surface area (Å²) in [7, 11) is -3.62. The Labute approximate surface area is 112 Å². The van der Waals surface area contributed by atoms with Gasteiger partial charge in [-0.05, 0) is 30.5 Å². The molecular weight excluding hydrogens is 267 g/mol. The maximum atomic E-state index is 13.2. The van der Waals surface area contributed by atoms with Crippen molar-refractivity contribution in [3.05, 3.63) is 29.6 Å². The van der Waals surface area contributed by atoms with Crippen LogP contribution in [0.5, 0.6) is 0 Å². The zero-order chi connectivity index (χ0) is 14.0. The van der Waals surface area contributed by atoms with Gasteiger partial charge in [0.1, 0.15) is 11.9 Å². The van der Waals surface area contributed by atoms with Crippen molar-refractivity contribution in [3.63, 3.8) is 0 Å². The molecule has 4 nitrogen and oxygen atoms in total. The molecule has 0 aromatic heterocycles. The molecule has 1 aromatic carbocycles. The van der Waals surface area contributed by atoms with Crippen molar-refractivity contribution >= 4 is 10.0 Å². The quantitative estimate of drug-likeness (QED) is 0.853. The van der Waals surface area contributed by atoms with E-state index in [0.29, 0.717) is 19.0 Å². The molecule has 1 aliphatic rings. The largest absolute Gasteiger partial charge is 0.243 e. The van der Waals surface area contributed by atoms with Gasteiger partial charge < -0.3 is 0 Å². The van der Waals surface area contributed by atoms with Crippen molar-refractivity contribution in [1.82, 2.24) is 4.31 Å². The van der Waals surface area contributed by atoms with Crippen molar-refractivity contribution in [3.8, 4) is 6.07 Å². The zero-order valence-corrected chi connectivity index (χ0v) is 11.5. The summed E-state index contributed by atoms with van der Waals surface area (Å²) in [6.07, 6.45) is 1.79. The van der Waals surface area contributed by atoms with E-state index in [1.165, 1.54) is 10.4 Å². The van der Waals surface area contributed by atoms with Crippen LogP contribution in [-0.4, -0.2) is 25.8 Å². The van der Waals surface area contributed by atoms with Crippen LogP contribution in [0, 0.1) is 23.1 Å². The van der Waals surface area contributed by atoms with Gasteiger partial charge in [0, 0.05) is 13.1 Å². The predicted octanol–water partition coefficient (Wildman–Crippen LogP) is 2.12. The molecule has 0 radical (unpaired) electrons. The molecule has 6 heteroatoms. The maximum absolute atomic E-state index is 13.2. The Morgan fingerprint density at radius 1 is 1.53 bits per heavy atom. The molecule has 1 aliphatic heterocycles. The van der Waals surface area contributed by atoms with E-state index in [9.17, 15) is 12.8 Å². The summed E-state index contributed by atoms with van der Waals surface area (Å²) in [4.78, 5) is -0.0118. The lowest BCUT2D eigenvalue weighted by atomic mass is 10.1. The van der Waals surface area contributed by atoms with Crippen molar-refractivity contribution in [2.45, 2.75) is 24.7 Å². The van der Waals surface area contributed by atoms with Gasteiger partial charge >= 0.3 is 0 Å². The van der Waals surface area contributed by atoms with Gasteiger partial charge in [0.25, 0.3) is 0 Å². The molecule has 0 spiro atoms. The summed E-state index contributed by atoms with van der Waals surface area (Å²) in [6.45, 7) is 3.02. The van der Waals surface area contributed by atoms with Crippen LogP contribution in [-0.2, 0) is 10.0 Å². The molecule has 0 bridgehead atoms. The van der Waals surface area contributed by atoms with Crippen LogP contribution in [0.15, 0.2) is 23.1 Å². The first-order chi connectivity index (χ1) is 8.98. The molecule has 1 atom stereocenters. The number of halogens is 1. The number of sulfonamides is 1. The molecule has 2 rings (SSSR count). The molecule has 0 saturated carbocycles. The Morgan fingerprint density at radius 2 is 2.26 bits per heavy atom. The van der Waals surface area contributed by atoms with Gasteiger partial charge in [-0.15, -0.1) is 0 Å². The SMILES string of the molecule is CCC1CCN(S(=O)(=O)c2ccc(F)c(C#N)c2)C1. The minimum atomic E-state index is -3.62. The average molecular weight is 282 g/mol. The van der Waals surface area contributed by atoms with E-state index in [1.807, 2.05) is 6.92 Å². The number of benzene rings is 1. The number of rotatable bonds is 3. The highest BCUT2D eigenvalue weighted by molar-refractivity contribution is 7.89. The molecule has 1 saturated heterocycles. The third-order valence-corrected chi connectivity index (χ3v) is 5.38. The number of hydrogen-bond acceptors (Lipinski definition) is 3. The summed E-state index contributed by atoms with van der Waals surface area (Å²) in [6, 6.07) is 5.00. The van der Waals surface area contributed by atoms with Crippen molar-refractivity contribution < 1.29 is 12.8 Å². The Bertz CT molecular complexity index is 622. The Balaban J connectivity index is 2.33. The summed E-state index contributed by atoms with van der Waals surface area (Å²) in [5.41, 5.74) is -0.243. The lowest BCUT2D eigenvalue weighted by molar-refractivity contribution is 0.453. The first-order valence-corrected chi connectivity index (χ1v) is 7.63. The highest BCUT2D eigenvalue weighted by Crippen LogP contribution is 2.26. The predicted molar refractivity (Wildman–Crippen MR) is 68.3 cm³/mol. The molecule has 1 heterocycles. The molecule has 0 amide bonds. The third-order valence-electron chi connectivity index (χ3n) is 3.52. The van der Waals surface area contributed by atoms with Gasteiger partial charge in [-0.3, -0.25) is 0 Å². The van der Waals surface area contributed by atoms with E-state index in [0.717, 1.165) is 25.0 Å². The number of hydrogen-bond donors (Lipinski definition) is 0. The fraction of sp³-hybridized carbons (Fsp3) is 0.462. The van der Waals surface area contributed by atoms with Crippen LogP contribution in [0.1, 0.15) is 25.3 Å². The lowest BCUT2D eigenvalue weighted by Crippen LogP contribution is -2.29. The average Bonchev–Trinajstić information content (AvgIpc) is 2.88. The van der Waals surface area contributed by atoms with E-state index in [4.69, 9.17) is 5.26 Å². The Hall–Kier alpha value is -1.45. The molecule has 102 valence electrons. The highest BCUT2D eigenvalue weighted by Gasteiger charge is 2.32. The van der Waals surface area contributed by atoms with Crippen LogP contribution in [0.2, 0.25) is 0 Å².